The van der Waals surface area contributed by atoms with Gasteiger partial charge in [-0.1, -0.05) is 0 Å². The van der Waals surface area contributed by atoms with Crippen molar-refractivity contribution in [3.63, 3.8) is 0 Å². The lowest BCUT2D eigenvalue weighted by molar-refractivity contribution is 0.0682. The molecular weight excluding hydrogens is 353 g/mol. The zero-order valence-corrected chi connectivity index (χ0v) is 14.9. The zero-order chi connectivity index (χ0) is 16.4. The number of aryl methyl sites for hydroxylation is 1. The van der Waals surface area contributed by atoms with Gasteiger partial charge in [-0.05, 0) is 41.4 Å². The quantitative estimate of drug-likeness (QED) is 0.806. The van der Waals surface area contributed by atoms with Crippen LogP contribution in [-0.2, 0) is 4.74 Å². The molecule has 0 saturated heterocycles. The van der Waals surface area contributed by atoms with E-state index in [4.69, 9.17) is 9.47 Å². The molecule has 5 nitrogen and oxygen atoms in total. The topological polar surface area (TPSA) is 47.5 Å². The number of nitrogens with zero attached hydrogens (tertiary/aromatic N) is 3. The van der Waals surface area contributed by atoms with E-state index in [0.717, 1.165) is 5.56 Å². The van der Waals surface area contributed by atoms with Crippen molar-refractivity contribution < 1.29 is 13.9 Å². The summed E-state index contributed by atoms with van der Waals surface area (Å²) >= 11 is 3.25. The molecule has 1 atom stereocenters. The number of ether oxygens (including phenoxy) is 2. The second-order valence-corrected chi connectivity index (χ2v) is 6.09. The average molecular weight is 372 g/mol. The van der Waals surface area contributed by atoms with E-state index in [1.165, 1.54) is 0 Å². The number of aromatic nitrogens is 2. The molecule has 7 heteroatoms. The summed E-state index contributed by atoms with van der Waals surface area (Å²) in [6.07, 6.45) is -0.100. The summed E-state index contributed by atoms with van der Waals surface area (Å²) in [6.45, 7) is 3.99. The second kappa shape index (κ2) is 6.75. The van der Waals surface area contributed by atoms with Gasteiger partial charge in [-0.25, -0.2) is 4.39 Å². The molecule has 0 bridgehead atoms. The van der Waals surface area contributed by atoms with E-state index >= 15 is 0 Å². The molecule has 0 aliphatic carbocycles. The first-order valence-corrected chi connectivity index (χ1v) is 7.63. The highest BCUT2D eigenvalue weighted by molar-refractivity contribution is 9.10. The first-order valence-electron chi connectivity index (χ1n) is 6.84. The monoisotopic (exact) mass is 371 g/mol. The summed E-state index contributed by atoms with van der Waals surface area (Å²) in [5.74, 6) is 0.199. The van der Waals surface area contributed by atoms with Gasteiger partial charge in [0, 0.05) is 26.6 Å². The summed E-state index contributed by atoms with van der Waals surface area (Å²) < 4.78 is 25.6. The molecule has 0 saturated carbocycles. The number of rotatable bonds is 5. The fraction of sp³-hybridized carbons (Fsp3) is 0.467. The number of halogens is 2. The molecule has 2 rings (SSSR count). The first kappa shape index (κ1) is 16.9. The van der Waals surface area contributed by atoms with Crippen LogP contribution in [0.25, 0.3) is 10.9 Å². The van der Waals surface area contributed by atoms with Crippen molar-refractivity contribution in [1.82, 2.24) is 9.97 Å². The Labute approximate surface area is 137 Å². The Hall–Kier alpha value is -1.47. The van der Waals surface area contributed by atoms with Gasteiger partial charge in [0.25, 0.3) is 0 Å². The molecule has 1 aromatic carbocycles. The van der Waals surface area contributed by atoms with Crippen LogP contribution < -0.4 is 9.64 Å². The Morgan fingerprint density at radius 1 is 1.36 bits per heavy atom. The minimum Gasteiger partial charge on any atom is -0.461 e. The molecule has 22 heavy (non-hydrogen) atoms. The van der Waals surface area contributed by atoms with Gasteiger partial charge in [0.05, 0.1) is 10.6 Å². The number of benzene rings is 1. The van der Waals surface area contributed by atoms with Crippen molar-refractivity contribution in [1.29, 1.82) is 0 Å². The van der Waals surface area contributed by atoms with E-state index in [-0.39, 0.29) is 17.6 Å². The normalized spacial score (nSPS) is 12.5. The molecule has 120 valence electrons. The maximum absolute atomic E-state index is 14.5. The summed E-state index contributed by atoms with van der Waals surface area (Å²) in [5.41, 5.74) is 1.02. The van der Waals surface area contributed by atoms with Crippen LogP contribution in [0.15, 0.2) is 10.5 Å². The van der Waals surface area contributed by atoms with E-state index in [1.54, 1.807) is 7.11 Å². The molecule has 1 heterocycles. The van der Waals surface area contributed by atoms with Crippen LogP contribution in [0.5, 0.6) is 6.01 Å². The van der Waals surface area contributed by atoms with Crippen molar-refractivity contribution in [2.24, 2.45) is 0 Å². The minimum atomic E-state index is -0.412. The van der Waals surface area contributed by atoms with Gasteiger partial charge >= 0.3 is 6.01 Å². The van der Waals surface area contributed by atoms with E-state index in [0.29, 0.717) is 22.3 Å². The fourth-order valence-electron chi connectivity index (χ4n) is 1.96. The smallest absolute Gasteiger partial charge is 0.319 e. The Bertz CT molecular complexity index is 694. The van der Waals surface area contributed by atoms with Crippen molar-refractivity contribution in [3.8, 4) is 6.01 Å². The third-order valence-corrected chi connectivity index (χ3v) is 4.26. The highest BCUT2D eigenvalue weighted by Gasteiger charge is 2.18. The molecule has 1 aromatic heterocycles. The average Bonchev–Trinajstić information content (AvgIpc) is 2.50. The van der Waals surface area contributed by atoms with Crippen LogP contribution in [0.4, 0.5) is 10.2 Å². The van der Waals surface area contributed by atoms with Crippen molar-refractivity contribution >= 4 is 32.7 Å². The van der Waals surface area contributed by atoms with Crippen molar-refractivity contribution in [2.75, 3.05) is 32.7 Å². The van der Waals surface area contributed by atoms with Crippen molar-refractivity contribution in [3.05, 3.63) is 21.9 Å². The number of hydrogen-bond donors (Lipinski definition) is 0. The van der Waals surface area contributed by atoms with E-state index < -0.39 is 5.82 Å². The van der Waals surface area contributed by atoms with Gasteiger partial charge in [-0.2, -0.15) is 9.97 Å². The van der Waals surface area contributed by atoms with Gasteiger partial charge < -0.3 is 14.4 Å². The lowest BCUT2D eigenvalue weighted by Gasteiger charge is -2.17. The molecule has 0 fully saturated rings. The second-order valence-electron chi connectivity index (χ2n) is 5.30. The van der Waals surface area contributed by atoms with Crippen LogP contribution in [0.1, 0.15) is 12.5 Å². The number of fused-ring (bicyclic) bond motifs is 1. The summed E-state index contributed by atoms with van der Waals surface area (Å²) in [4.78, 5) is 10.4. The lowest BCUT2D eigenvalue weighted by atomic mass is 10.1. The molecule has 0 radical (unpaired) electrons. The van der Waals surface area contributed by atoms with Crippen molar-refractivity contribution in [2.45, 2.75) is 20.0 Å². The van der Waals surface area contributed by atoms with Crippen LogP contribution in [-0.4, -0.2) is 43.9 Å². The molecule has 0 aliphatic rings. The van der Waals surface area contributed by atoms with Gasteiger partial charge in [-0.15, -0.1) is 0 Å². The summed E-state index contributed by atoms with van der Waals surface area (Å²) in [5, 5.41) is 0.648. The Kier molecular flexibility index (Phi) is 5.18. The molecular formula is C15H19BrFN3O2. The SMILES string of the molecule is COC(C)COc1nc(N(C)C)c2cc(C)c(Br)c(F)c2n1. The van der Waals surface area contributed by atoms with Crippen LogP contribution in [0, 0.1) is 12.7 Å². The lowest BCUT2D eigenvalue weighted by Crippen LogP contribution is -2.18. The third kappa shape index (κ3) is 3.30. The standard InChI is InChI=1S/C15H19BrFN3O2/c1-8-6-10-13(12(17)11(8)16)18-15(19-14(10)20(3)4)22-7-9(2)21-5/h6,9H,7H2,1-5H3. The first-order chi connectivity index (χ1) is 10.3. The summed E-state index contributed by atoms with van der Waals surface area (Å²) in [7, 11) is 5.29. The third-order valence-electron chi connectivity index (χ3n) is 3.29. The van der Waals surface area contributed by atoms with Crippen LogP contribution in [0.2, 0.25) is 0 Å². The number of hydrogen-bond acceptors (Lipinski definition) is 5. The number of methoxy groups -OCH3 is 1. The maximum Gasteiger partial charge on any atom is 0.319 e. The van der Waals surface area contributed by atoms with E-state index in [1.807, 2.05) is 38.9 Å². The van der Waals surface area contributed by atoms with Crippen LogP contribution >= 0.6 is 15.9 Å². The predicted molar refractivity (Wildman–Crippen MR) is 88.2 cm³/mol. The van der Waals surface area contributed by atoms with Gasteiger partial charge in [0.1, 0.15) is 17.9 Å². The highest BCUT2D eigenvalue weighted by Crippen LogP contribution is 2.32. The van der Waals surface area contributed by atoms with Gasteiger partial charge in [0.2, 0.25) is 0 Å². The molecule has 2 aromatic rings. The zero-order valence-electron chi connectivity index (χ0n) is 13.3. The maximum atomic E-state index is 14.5. The largest absolute Gasteiger partial charge is 0.461 e. The molecule has 0 amide bonds. The van der Waals surface area contributed by atoms with Gasteiger partial charge in [-0.3, -0.25) is 0 Å². The van der Waals surface area contributed by atoms with Gasteiger partial charge in [0.15, 0.2) is 5.82 Å². The molecule has 1 unspecified atom stereocenters. The number of anilines is 1. The molecule has 0 spiro atoms. The highest BCUT2D eigenvalue weighted by atomic mass is 79.9. The molecule has 0 N–H and O–H groups in total. The Balaban J connectivity index is 2.57. The Morgan fingerprint density at radius 2 is 2.05 bits per heavy atom. The van der Waals surface area contributed by atoms with E-state index in [2.05, 4.69) is 25.9 Å². The van der Waals surface area contributed by atoms with E-state index in [9.17, 15) is 4.39 Å². The Morgan fingerprint density at radius 3 is 2.64 bits per heavy atom. The summed E-state index contributed by atoms with van der Waals surface area (Å²) in [6, 6.07) is 1.99. The van der Waals surface area contributed by atoms with Crippen LogP contribution in [0.3, 0.4) is 0 Å². The molecule has 0 aliphatic heterocycles. The predicted octanol–water partition coefficient (Wildman–Crippen LogP) is 3.32. The minimum absolute atomic E-state index is 0.100. The fourth-order valence-corrected chi connectivity index (χ4v) is 2.26.